The highest BCUT2D eigenvalue weighted by Crippen LogP contribution is 2.36. The maximum atomic E-state index is 13.9. The van der Waals surface area contributed by atoms with Gasteiger partial charge in [-0.3, -0.25) is 0 Å². The summed E-state index contributed by atoms with van der Waals surface area (Å²) in [6.07, 6.45) is 2.08. The molecule has 16 heavy (non-hydrogen) atoms. The Labute approximate surface area is 93.6 Å². The lowest BCUT2D eigenvalue weighted by Gasteiger charge is -2.21. The van der Waals surface area contributed by atoms with Gasteiger partial charge in [-0.05, 0) is 25.5 Å². The number of ether oxygens (including phenoxy) is 2. The van der Waals surface area contributed by atoms with Crippen molar-refractivity contribution in [2.24, 2.45) is 0 Å². The third-order valence-corrected chi connectivity index (χ3v) is 3.10. The van der Waals surface area contributed by atoms with Crippen molar-refractivity contribution >= 4 is 0 Å². The van der Waals surface area contributed by atoms with Gasteiger partial charge in [0, 0.05) is 17.7 Å². The fraction of sp³-hybridized carbons (Fsp3) is 0.500. The largest absolute Gasteiger partial charge is 0.486 e. The van der Waals surface area contributed by atoms with Crippen LogP contribution >= 0.6 is 0 Å². The highest BCUT2D eigenvalue weighted by atomic mass is 19.1. The van der Waals surface area contributed by atoms with E-state index in [9.17, 15) is 4.39 Å². The van der Waals surface area contributed by atoms with Gasteiger partial charge in [-0.2, -0.15) is 0 Å². The molecule has 0 amide bonds. The van der Waals surface area contributed by atoms with Gasteiger partial charge in [0.15, 0.2) is 11.5 Å². The summed E-state index contributed by atoms with van der Waals surface area (Å²) in [5.74, 6) is 0.977. The van der Waals surface area contributed by atoms with Crippen LogP contribution in [0.25, 0.3) is 0 Å². The first-order valence-electron chi connectivity index (χ1n) is 5.67. The SMILES string of the molecule is Fc1cc2c(cc1C1CCCN1)OCCO2. The zero-order chi connectivity index (χ0) is 11.0. The van der Waals surface area contributed by atoms with Crippen molar-refractivity contribution in [3.05, 3.63) is 23.5 Å². The molecule has 86 valence electrons. The van der Waals surface area contributed by atoms with Crippen molar-refractivity contribution in [3.63, 3.8) is 0 Å². The number of halogens is 1. The third kappa shape index (κ3) is 1.63. The van der Waals surface area contributed by atoms with Gasteiger partial charge < -0.3 is 14.8 Å². The normalized spacial score (nSPS) is 23.4. The Morgan fingerprint density at radius 3 is 2.62 bits per heavy atom. The van der Waals surface area contributed by atoms with Gasteiger partial charge >= 0.3 is 0 Å². The summed E-state index contributed by atoms with van der Waals surface area (Å²) >= 11 is 0. The predicted octanol–water partition coefficient (Wildman–Crippen LogP) is 2.02. The summed E-state index contributed by atoms with van der Waals surface area (Å²) in [5, 5.41) is 3.28. The van der Waals surface area contributed by atoms with Crippen LogP contribution in [0.15, 0.2) is 12.1 Å². The standard InChI is InChI=1S/C12H14FNO2/c13-9-7-12-11(15-4-5-16-12)6-8(9)10-2-1-3-14-10/h6-7,10,14H,1-5H2. The van der Waals surface area contributed by atoms with Gasteiger partial charge in [0.25, 0.3) is 0 Å². The lowest BCUT2D eigenvalue weighted by molar-refractivity contribution is 0.170. The van der Waals surface area contributed by atoms with Gasteiger partial charge in [0.2, 0.25) is 0 Å². The van der Waals surface area contributed by atoms with E-state index in [1.54, 1.807) is 6.07 Å². The molecule has 2 aliphatic heterocycles. The van der Waals surface area contributed by atoms with E-state index in [0.717, 1.165) is 19.4 Å². The molecule has 0 aliphatic carbocycles. The van der Waals surface area contributed by atoms with Crippen LogP contribution in [0.1, 0.15) is 24.4 Å². The van der Waals surface area contributed by atoms with Crippen molar-refractivity contribution in [2.45, 2.75) is 18.9 Å². The fourth-order valence-electron chi connectivity index (χ4n) is 2.30. The van der Waals surface area contributed by atoms with Crippen LogP contribution in [-0.4, -0.2) is 19.8 Å². The van der Waals surface area contributed by atoms with Crippen LogP contribution in [0.2, 0.25) is 0 Å². The molecular formula is C12H14FNO2. The van der Waals surface area contributed by atoms with E-state index in [1.165, 1.54) is 6.07 Å². The summed E-state index contributed by atoms with van der Waals surface area (Å²) in [4.78, 5) is 0. The van der Waals surface area contributed by atoms with E-state index in [1.807, 2.05) is 0 Å². The molecule has 1 aromatic carbocycles. The van der Waals surface area contributed by atoms with Crippen LogP contribution in [-0.2, 0) is 0 Å². The number of benzene rings is 1. The Hall–Kier alpha value is -1.29. The monoisotopic (exact) mass is 223 g/mol. The maximum Gasteiger partial charge on any atom is 0.164 e. The zero-order valence-electron chi connectivity index (χ0n) is 8.96. The van der Waals surface area contributed by atoms with Gasteiger partial charge in [-0.1, -0.05) is 0 Å². The minimum Gasteiger partial charge on any atom is -0.486 e. The minimum absolute atomic E-state index is 0.121. The first kappa shape index (κ1) is 9.90. The average molecular weight is 223 g/mol. The summed E-state index contributed by atoms with van der Waals surface area (Å²) in [5.41, 5.74) is 0.696. The van der Waals surface area contributed by atoms with Crippen LogP contribution in [0.5, 0.6) is 11.5 Å². The van der Waals surface area contributed by atoms with Crippen LogP contribution in [0, 0.1) is 5.82 Å². The Bertz CT molecular complexity index is 402. The van der Waals surface area contributed by atoms with Crippen LogP contribution < -0.4 is 14.8 Å². The van der Waals surface area contributed by atoms with Crippen LogP contribution in [0.3, 0.4) is 0 Å². The summed E-state index contributed by atoms with van der Waals surface area (Å²) < 4.78 is 24.6. The number of hydrogen-bond acceptors (Lipinski definition) is 3. The Balaban J connectivity index is 1.98. The van der Waals surface area contributed by atoms with Gasteiger partial charge in [-0.25, -0.2) is 4.39 Å². The second-order valence-electron chi connectivity index (χ2n) is 4.17. The lowest BCUT2D eigenvalue weighted by atomic mass is 10.0. The van der Waals surface area contributed by atoms with E-state index < -0.39 is 0 Å². The Morgan fingerprint density at radius 1 is 1.19 bits per heavy atom. The number of fused-ring (bicyclic) bond motifs is 1. The summed E-state index contributed by atoms with van der Waals surface area (Å²) in [6.45, 7) is 1.99. The zero-order valence-corrected chi connectivity index (χ0v) is 8.96. The predicted molar refractivity (Wildman–Crippen MR) is 57.4 cm³/mol. The number of nitrogens with one attached hydrogen (secondary N) is 1. The first-order chi connectivity index (χ1) is 7.84. The third-order valence-electron chi connectivity index (χ3n) is 3.10. The highest BCUT2D eigenvalue weighted by molar-refractivity contribution is 5.45. The molecule has 1 saturated heterocycles. The van der Waals surface area contributed by atoms with Crippen molar-refractivity contribution in [1.82, 2.24) is 5.32 Å². The summed E-state index contributed by atoms with van der Waals surface area (Å²) in [6, 6.07) is 3.33. The van der Waals surface area contributed by atoms with Crippen molar-refractivity contribution < 1.29 is 13.9 Å². The van der Waals surface area contributed by atoms with E-state index in [0.29, 0.717) is 30.3 Å². The molecular weight excluding hydrogens is 209 g/mol. The van der Waals surface area contributed by atoms with E-state index in [2.05, 4.69) is 5.32 Å². The smallest absolute Gasteiger partial charge is 0.164 e. The van der Waals surface area contributed by atoms with E-state index in [4.69, 9.17) is 9.47 Å². The molecule has 1 unspecified atom stereocenters. The number of hydrogen-bond donors (Lipinski definition) is 1. The topological polar surface area (TPSA) is 30.5 Å². The molecule has 2 heterocycles. The van der Waals surface area contributed by atoms with E-state index >= 15 is 0 Å². The molecule has 1 atom stereocenters. The van der Waals surface area contributed by atoms with E-state index in [-0.39, 0.29) is 11.9 Å². The van der Waals surface area contributed by atoms with Crippen LogP contribution in [0.4, 0.5) is 4.39 Å². The number of rotatable bonds is 1. The molecule has 0 spiro atoms. The average Bonchev–Trinajstić information content (AvgIpc) is 2.81. The fourth-order valence-corrected chi connectivity index (χ4v) is 2.30. The molecule has 3 nitrogen and oxygen atoms in total. The van der Waals surface area contributed by atoms with Crippen molar-refractivity contribution in [1.29, 1.82) is 0 Å². The summed E-state index contributed by atoms with van der Waals surface area (Å²) in [7, 11) is 0. The quantitative estimate of drug-likeness (QED) is 0.790. The lowest BCUT2D eigenvalue weighted by Crippen LogP contribution is -2.18. The van der Waals surface area contributed by atoms with Gasteiger partial charge in [0.05, 0.1) is 0 Å². The van der Waals surface area contributed by atoms with Gasteiger partial charge in [0.1, 0.15) is 19.0 Å². The minimum atomic E-state index is -0.205. The highest BCUT2D eigenvalue weighted by Gasteiger charge is 2.23. The maximum absolute atomic E-state index is 13.9. The molecule has 1 N–H and O–H groups in total. The second-order valence-corrected chi connectivity index (χ2v) is 4.17. The Morgan fingerprint density at radius 2 is 1.94 bits per heavy atom. The second kappa shape index (κ2) is 3.94. The molecule has 3 rings (SSSR count). The van der Waals surface area contributed by atoms with Crippen molar-refractivity contribution in [3.8, 4) is 11.5 Å². The molecule has 1 fully saturated rings. The molecule has 2 aliphatic rings. The molecule has 0 bridgehead atoms. The molecule has 0 aromatic heterocycles. The molecule has 4 heteroatoms. The molecule has 0 saturated carbocycles. The van der Waals surface area contributed by atoms with Crippen molar-refractivity contribution in [2.75, 3.05) is 19.8 Å². The Kier molecular flexibility index (Phi) is 2.44. The molecule has 1 aromatic rings. The first-order valence-corrected chi connectivity index (χ1v) is 5.67. The van der Waals surface area contributed by atoms with Gasteiger partial charge in [-0.15, -0.1) is 0 Å². The molecule has 0 radical (unpaired) electrons.